The Bertz CT molecular complexity index is 998. The van der Waals surface area contributed by atoms with Crippen LogP contribution >= 0.6 is 0 Å². The van der Waals surface area contributed by atoms with E-state index in [1.165, 1.54) is 17.7 Å². The van der Waals surface area contributed by atoms with E-state index < -0.39 is 23.8 Å². The number of carboxylic acid groups (broad SMARTS) is 1. The van der Waals surface area contributed by atoms with Gasteiger partial charge in [0, 0.05) is 31.9 Å². The number of benzene rings is 1. The van der Waals surface area contributed by atoms with Gasteiger partial charge in [-0.3, -0.25) is 9.69 Å². The fourth-order valence-corrected chi connectivity index (χ4v) is 4.83. The minimum absolute atomic E-state index is 0.0697. The van der Waals surface area contributed by atoms with Crippen molar-refractivity contribution < 1.29 is 27.8 Å². The van der Waals surface area contributed by atoms with Gasteiger partial charge in [-0.15, -0.1) is 0 Å². The summed E-state index contributed by atoms with van der Waals surface area (Å²) < 4.78 is 44.5. The second-order valence-corrected chi connectivity index (χ2v) is 9.29. The van der Waals surface area contributed by atoms with E-state index >= 15 is 0 Å². The van der Waals surface area contributed by atoms with Gasteiger partial charge in [-0.2, -0.15) is 13.2 Å². The number of anilines is 1. The van der Waals surface area contributed by atoms with E-state index in [2.05, 4.69) is 17.4 Å². The Morgan fingerprint density at radius 1 is 1.17 bits per heavy atom. The summed E-state index contributed by atoms with van der Waals surface area (Å²) in [5, 5.41) is 13.1. The Labute approximate surface area is 203 Å². The lowest BCUT2D eigenvalue weighted by atomic mass is 10.0. The van der Waals surface area contributed by atoms with E-state index in [-0.39, 0.29) is 6.10 Å². The zero-order valence-corrected chi connectivity index (χ0v) is 19.7. The molecule has 2 aliphatic rings. The zero-order chi connectivity index (χ0) is 24.8. The van der Waals surface area contributed by atoms with Crippen molar-refractivity contribution in [3.05, 3.63) is 58.8 Å². The molecule has 2 N–H and O–H groups in total. The number of hydrogen-bond acceptors (Lipinski definition) is 5. The molecule has 35 heavy (non-hydrogen) atoms. The number of carboxylic acids is 1. The Morgan fingerprint density at radius 3 is 2.71 bits per heavy atom. The molecule has 1 aromatic carbocycles. The van der Waals surface area contributed by atoms with Crippen LogP contribution in [0.15, 0.2) is 36.4 Å². The van der Waals surface area contributed by atoms with E-state index in [4.69, 9.17) is 9.72 Å². The monoisotopic (exact) mass is 491 g/mol. The van der Waals surface area contributed by atoms with Crippen molar-refractivity contribution in [2.75, 3.05) is 31.6 Å². The summed E-state index contributed by atoms with van der Waals surface area (Å²) in [5.74, 6) is -0.0461. The fourth-order valence-electron chi connectivity index (χ4n) is 4.83. The SMILES string of the molecule is O=C(O)C(c1ccc(C(F)(F)F)cc1)N1CC[C@@H](OCCCCCc2ccc3c(n2)NCCC3)C1. The van der Waals surface area contributed by atoms with Gasteiger partial charge in [0.2, 0.25) is 0 Å². The Morgan fingerprint density at radius 2 is 1.97 bits per heavy atom. The summed E-state index contributed by atoms with van der Waals surface area (Å²) in [6, 6.07) is 7.69. The van der Waals surface area contributed by atoms with E-state index in [1.807, 2.05) is 0 Å². The molecule has 0 radical (unpaired) electrons. The molecule has 3 heterocycles. The lowest BCUT2D eigenvalue weighted by Gasteiger charge is -2.25. The molecule has 2 aromatic rings. The third-order valence-electron chi connectivity index (χ3n) is 6.71. The lowest BCUT2D eigenvalue weighted by Crippen LogP contribution is -2.33. The first-order valence-electron chi connectivity index (χ1n) is 12.3. The van der Waals surface area contributed by atoms with Gasteiger partial charge in [0.15, 0.2) is 0 Å². The molecule has 1 unspecified atom stereocenters. The first kappa shape index (κ1) is 25.4. The van der Waals surface area contributed by atoms with Crippen molar-refractivity contribution in [2.45, 2.75) is 63.3 Å². The summed E-state index contributed by atoms with van der Waals surface area (Å²) in [7, 11) is 0. The number of ether oxygens (including phenoxy) is 1. The van der Waals surface area contributed by atoms with Crippen LogP contribution in [0, 0.1) is 0 Å². The maximum absolute atomic E-state index is 12.8. The van der Waals surface area contributed by atoms with Crippen LogP contribution in [-0.4, -0.2) is 53.3 Å². The Balaban J connectivity index is 1.18. The maximum Gasteiger partial charge on any atom is 0.416 e. The first-order chi connectivity index (χ1) is 16.8. The molecule has 0 aliphatic carbocycles. The molecule has 2 aliphatic heterocycles. The highest BCUT2D eigenvalue weighted by atomic mass is 19.4. The Hall–Kier alpha value is -2.65. The van der Waals surface area contributed by atoms with Gasteiger partial charge in [-0.1, -0.05) is 24.6 Å². The number of fused-ring (bicyclic) bond motifs is 1. The topological polar surface area (TPSA) is 74.7 Å². The Kier molecular flexibility index (Phi) is 8.28. The molecule has 6 nitrogen and oxygen atoms in total. The number of hydrogen-bond donors (Lipinski definition) is 2. The normalized spacial score (nSPS) is 19.2. The summed E-state index contributed by atoms with van der Waals surface area (Å²) in [6.45, 7) is 2.57. The second-order valence-electron chi connectivity index (χ2n) is 9.29. The maximum atomic E-state index is 12.8. The van der Waals surface area contributed by atoms with Gasteiger partial charge >= 0.3 is 12.1 Å². The average Bonchev–Trinajstić information content (AvgIpc) is 3.29. The molecule has 1 aromatic heterocycles. The lowest BCUT2D eigenvalue weighted by molar-refractivity contribution is -0.143. The molecule has 0 saturated carbocycles. The molecular weight excluding hydrogens is 459 g/mol. The van der Waals surface area contributed by atoms with Gasteiger partial charge in [0.25, 0.3) is 0 Å². The van der Waals surface area contributed by atoms with Crippen LogP contribution in [0.4, 0.5) is 19.0 Å². The van der Waals surface area contributed by atoms with Gasteiger partial charge in [0.1, 0.15) is 11.9 Å². The standard InChI is InChI=1S/C26H32F3N3O3/c27-26(28,29)20-10-7-18(8-11-20)23(25(33)34)32-15-13-22(17-32)35-16-3-1-2-6-21-12-9-19-5-4-14-30-24(19)31-21/h7-12,22-23H,1-6,13-17H2,(H,30,31)(H,33,34)/t22-,23?/m1/s1. The number of carbonyl (C=O) groups is 1. The summed E-state index contributed by atoms with van der Waals surface area (Å²) in [4.78, 5) is 18.4. The van der Waals surface area contributed by atoms with Crippen molar-refractivity contribution in [1.82, 2.24) is 9.88 Å². The van der Waals surface area contributed by atoms with E-state index in [0.29, 0.717) is 31.7 Å². The van der Waals surface area contributed by atoms with Gasteiger partial charge in [-0.05, 0) is 67.9 Å². The third kappa shape index (κ3) is 6.73. The van der Waals surface area contributed by atoms with E-state index in [0.717, 1.165) is 68.7 Å². The van der Waals surface area contributed by atoms with Crippen LogP contribution in [0.25, 0.3) is 0 Å². The van der Waals surface area contributed by atoms with Crippen LogP contribution in [0.5, 0.6) is 0 Å². The number of halogens is 3. The predicted octanol–water partition coefficient (Wildman–Crippen LogP) is 5.09. The number of aliphatic carboxylic acids is 1. The molecular formula is C26H32F3N3O3. The molecule has 0 spiro atoms. The number of likely N-dealkylation sites (tertiary alicyclic amines) is 1. The van der Waals surface area contributed by atoms with Crippen LogP contribution in [0.2, 0.25) is 0 Å². The molecule has 1 saturated heterocycles. The third-order valence-corrected chi connectivity index (χ3v) is 6.71. The number of aryl methyl sites for hydroxylation is 2. The van der Waals surface area contributed by atoms with Gasteiger partial charge < -0.3 is 15.2 Å². The second kappa shape index (κ2) is 11.4. The number of rotatable bonds is 10. The first-order valence-corrected chi connectivity index (χ1v) is 12.3. The fraction of sp³-hybridized carbons (Fsp3) is 0.538. The molecule has 4 rings (SSSR count). The summed E-state index contributed by atoms with van der Waals surface area (Å²) >= 11 is 0. The highest BCUT2D eigenvalue weighted by Crippen LogP contribution is 2.32. The average molecular weight is 492 g/mol. The van der Waals surface area contributed by atoms with E-state index in [9.17, 15) is 23.1 Å². The van der Waals surface area contributed by atoms with Crippen molar-refractivity contribution in [3.63, 3.8) is 0 Å². The minimum atomic E-state index is -4.45. The smallest absolute Gasteiger partial charge is 0.416 e. The number of pyridine rings is 1. The van der Waals surface area contributed by atoms with Gasteiger partial charge in [0.05, 0.1) is 11.7 Å². The molecule has 0 bridgehead atoms. The van der Waals surface area contributed by atoms with Crippen molar-refractivity contribution in [2.24, 2.45) is 0 Å². The zero-order valence-electron chi connectivity index (χ0n) is 19.7. The van der Waals surface area contributed by atoms with Crippen LogP contribution in [0.1, 0.15) is 60.5 Å². The van der Waals surface area contributed by atoms with Crippen LogP contribution in [-0.2, 0) is 28.5 Å². The largest absolute Gasteiger partial charge is 0.480 e. The number of unbranched alkanes of at least 4 members (excludes halogenated alkanes) is 2. The molecule has 190 valence electrons. The van der Waals surface area contributed by atoms with Crippen molar-refractivity contribution in [1.29, 1.82) is 0 Å². The molecule has 9 heteroatoms. The van der Waals surface area contributed by atoms with Crippen molar-refractivity contribution in [3.8, 4) is 0 Å². The molecule has 2 atom stereocenters. The predicted molar refractivity (Wildman–Crippen MR) is 126 cm³/mol. The number of alkyl halides is 3. The van der Waals surface area contributed by atoms with E-state index in [1.54, 1.807) is 4.90 Å². The highest BCUT2D eigenvalue weighted by molar-refractivity contribution is 5.75. The minimum Gasteiger partial charge on any atom is -0.480 e. The summed E-state index contributed by atoms with van der Waals surface area (Å²) in [5.41, 5.74) is 1.96. The number of nitrogens with one attached hydrogen (secondary N) is 1. The van der Waals surface area contributed by atoms with Crippen LogP contribution in [0.3, 0.4) is 0 Å². The van der Waals surface area contributed by atoms with Crippen molar-refractivity contribution >= 4 is 11.8 Å². The quantitative estimate of drug-likeness (QED) is 0.451. The molecule has 0 amide bonds. The van der Waals surface area contributed by atoms with Crippen LogP contribution < -0.4 is 5.32 Å². The summed E-state index contributed by atoms with van der Waals surface area (Å²) in [6.07, 6.45) is 2.32. The van der Waals surface area contributed by atoms with Gasteiger partial charge in [-0.25, -0.2) is 4.98 Å². The highest BCUT2D eigenvalue weighted by Gasteiger charge is 2.35. The molecule has 1 fully saturated rings. The number of aromatic nitrogens is 1. The number of nitrogens with zero attached hydrogens (tertiary/aromatic N) is 2.